The number of amides is 2. The lowest BCUT2D eigenvalue weighted by Crippen LogP contribution is -2.19. The molecule has 0 aliphatic carbocycles. The zero-order valence-electron chi connectivity index (χ0n) is 11.1. The van der Waals surface area contributed by atoms with Crippen LogP contribution < -0.4 is 10.6 Å². The normalized spacial score (nSPS) is 10.0. The minimum absolute atomic E-state index is 0.231. The topological polar surface area (TPSA) is 58.2 Å². The zero-order chi connectivity index (χ0) is 15.4. The highest BCUT2D eigenvalue weighted by molar-refractivity contribution is 14.1. The van der Waals surface area contributed by atoms with Crippen LogP contribution in [0.15, 0.2) is 42.5 Å². The van der Waals surface area contributed by atoms with Crippen molar-refractivity contribution < 1.29 is 9.59 Å². The fourth-order valence-corrected chi connectivity index (χ4v) is 2.59. The Morgan fingerprint density at radius 2 is 1.76 bits per heavy atom. The molecule has 0 unspecified atom stereocenters. The van der Waals surface area contributed by atoms with Crippen molar-refractivity contribution >= 4 is 51.7 Å². The van der Waals surface area contributed by atoms with Crippen molar-refractivity contribution in [2.24, 2.45) is 0 Å². The highest BCUT2D eigenvalue weighted by Gasteiger charge is 2.13. The van der Waals surface area contributed by atoms with Crippen LogP contribution in [0.1, 0.15) is 20.7 Å². The van der Waals surface area contributed by atoms with Gasteiger partial charge in [-0.05, 0) is 52.9 Å². The van der Waals surface area contributed by atoms with E-state index in [-0.39, 0.29) is 11.8 Å². The molecule has 2 N–H and O–H groups in total. The van der Waals surface area contributed by atoms with E-state index >= 15 is 0 Å². The molecule has 0 fully saturated rings. The summed E-state index contributed by atoms with van der Waals surface area (Å²) in [6.45, 7) is 0. The lowest BCUT2D eigenvalue weighted by Gasteiger charge is -2.09. The number of carbonyl (C=O) groups excluding carboxylic acids is 2. The predicted molar refractivity (Wildman–Crippen MR) is 92.0 cm³/mol. The molecule has 0 atom stereocenters. The maximum atomic E-state index is 12.2. The van der Waals surface area contributed by atoms with Gasteiger partial charge in [0.1, 0.15) is 0 Å². The van der Waals surface area contributed by atoms with E-state index in [0.29, 0.717) is 21.8 Å². The van der Waals surface area contributed by atoms with Crippen LogP contribution in [0.25, 0.3) is 0 Å². The molecule has 0 aliphatic heterocycles. The average Bonchev–Trinajstić information content (AvgIpc) is 2.48. The van der Waals surface area contributed by atoms with Crippen LogP contribution >= 0.6 is 34.2 Å². The Morgan fingerprint density at radius 3 is 2.43 bits per heavy atom. The first-order chi connectivity index (χ1) is 10.0. The molecule has 2 aromatic carbocycles. The van der Waals surface area contributed by atoms with Crippen molar-refractivity contribution in [2.45, 2.75) is 0 Å². The van der Waals surface area contributed by atoms with E-state index in [4.69, 9.17) is 11.6 Å². The van der Waals surface area contributed by atoms with Crippen LogP contribution in [0.2, 0.25) is 5.02 Å². The summed E-state index contributed by atoms with van der Waals surface area (Å²) >= 11 is 8.07. The summed E-state index contributed by atoms with van der Waals surface area (Å²) in [5.74, 6) is -0.532. The molecule has 21 heavy (non-hydrogen) atoms. The van der Waals surface area contributed by atoms with Gasteiger partial charge in [-0.1, -0.05) is 23.7 Å². The Morgan fingerprint density at radius 1 is 1.05 bits per heavy atom. The van der Waals surface area contributed by atoms with E-state index in [1.54, 1.807) is 30.3 Å². The molecule has 0 aliphatic rings. The molecule has 2 rings (SSSR count). The van der Waals surface area contributed by atoms with Crippen molar-refractivity contribution in [3.05, 3.63) is 62.2 Å². The summed E-state index contributed by atoms with van der Waals surface area (Å²) in [4.78, 5) is 23.9. The largest absolute Gasteiger partial charge is 0.355 e. The van der Waals surface area contributed by atoms with Gasteiger partial charge in [0, 0.05) is 16.3 Å². The Labute approximate surface area is 141 Å². The summed E-state index contributed by atoms with van der Waals surface area (Å²) in [5.41, 5.74) is 1.41. The molecule has 0 saturated carbocycles. The minimum Gasteiger partial charge on any atom is -0.355 e. The van der Waals surface area contributed by atoms with Crippen molar-refractivity contribution in [3.63, 3.8) is 0 Å². The van der Waals surface area contributed by atoms with E-state index < -0.39 is 0 Å². The molecule has 2 amide bonds. The number of hydrogen-bond donors (Lipinski definition) is 2. The van der Waals surface area contributed by atoms with Crippen LogP contribution in [0, 0.1) is 3.57 Å². The summed E-state index contributed by atoms with van der Waals surface area (Å²) in [6, 6.07) is 12.1. The minimum atomic E-state index is -0.301. The molecule has 0 aromatic heterocycles. The third kappa shape index (κ3) is 3.74. The van der Waals surface area contributed by atoms with E-state index in [0.717, 1.165) is 3.57 Å². The number of hydrogen-bond acceptors (Lipinski definition) is 2. The van der Waals surface area contributed by atoms with Gasteiger partial charge in [0.15, 0.2) is 0 Å². The second-order valence-corrected chi connectivity index (χ2v) is 5.78. The zero-order valence-corrected chi connectivity index (χ0v) is 14.0. The summed E-state index contributed by atoms with van der Waals surface area (Å²) in [5, 5.41) is 5.60. The number of carbonyl (C=O) groups is 2. The fourth-order valence-electron chi connectivity index (χ4n) is 1.76. The first-order valence-electron chi connectivity index (χ1n) is 6.10. The van der Waals surface area contributed by atoms with Gasteiger partial charge in [-0.15, -0.1) is 0 Å². The molecular formula is C15H12ClIN2O2. The van der Waals surface area contributed by atoms with Crippen molar-refractivity contribution in [3.8, 4) is 0 Å². The first kappa shape index (κ1) is 15.8. The van der Waals surface area contributed by atoms with Gasteiger partial charge in [0.25, 0.3) is 11.8 Å². The summed E-state index contributed by atoms with van der Waals surface area (Å²) in [6.07, 6.45) is 0. The Hall–Kier alpha value is -1.60. The van der Waals surface area contributed by atoms with E-state index in [1.165, 1.54) is 7.05 Å². The van der Waals surface area contributed by atoms with Crippen LogP contribution in [-0.2, 0) is 0 Å². The number of benzene rings is 2. The van der Waals surface area contributed by atoms with Crippen molar-refractivity contribution in [1.29, 1.82) is 0 Å². The van der Waals surface area contributed by atoms with Gasteiger partial charge in [-0.25, -0.2) is 0 Å². The quantitative estimate of drug-likeness (QED) is 0.755. The molecule has 4 nitrogen and oxygen atoms in total. The maximum absolute atomic E-state index is 12.2. The van der Waals surface area contributed by atoms with Gasteiger partial charge in [-0.3, -0.25) is 9.59 Å². The van der Waals surface area contributed by atoms with Gasteiger partial charge in [0.05, 0.1) is 16.1 Å². The number of anilines is 1. The third-order valence-corrected chi connectivity index (χ3v) is 4.08. The number of halogens is 2. The molecule has 0 radical (unpaired) electrons. The Balaban J connectivity index is 2.26. The van der Waals surface area contributed by atoms with Crippen molar-refractivity contribution in [2.75, 3.05) is 12.4 Å². The lowest BCUT2D eigenvalue weighted by atomic mass is 10.1. The monoisotopic (exact) mass is 414 g/mol. The highest BCUT2D eigenvalue weighted by atomic mass is 127. The third-order valence-electron chi connectivity index (χ3n) is 2.81. The van der Waals surface area contributed by atoms with Gasteiger partial charge >= 0.3 is 0 Å². The number of nitrogens with one attached hydrogen (secondary N) is 2. The summed E-state index contributed by atoms with van der Waals surface area (Å²) < 4.78 is 0.855. The highest BCUT2D eigenvalue weighted by Crippen LogP contribution is 2.21. The first-order valence-corrected chi connectivity index (χ1v) is 7.56. The molecule has 0 saturated heterocycles. The van der Waals surface area contributed by atoms with Gasteiger partial charge in [0.2, 0.25) is 0 Å². The van der Waals surface area contributed by atoms with Crippen LogP contribution in [-0.4, -0.2) is 18.9 Å². The molecule has 2 aromatic rings. The SMILES string of the molecule is CNC(=O)c1cc(NC(=O)c2ccccc2I)ccc1Cl. The Kier molecular flexibility index (Phi) is 5.19. The average molecular weight is 415 g/mol. The smallest absolute Gasteiger partial charge is 0.256 e. The van der Waals surface area contributed by atoms with E-state index in [1.807, 2.05) is 12.1 Å². The van der Waals surface area contributed by atoms with E-state index in [9.17, 15) is 9.59 Å². The second kappa shape index (κ2) is 6.91. The molecule has 108 valence electrons. The van der Waals surface area contributed by atoms with E-state index in [2.05, 4.69) is 33.2 Å². The van der Waals surface area contributed by atoms with Crippen LogP contribution in [0.4, 0.5) is 5.69 Å². The predicted octanol–water partition coefficient (Wildman–Crippen LogP) is 3.56. The van der Waals surface area contributed by atoms with Crippen molar-refractivity contribution in [1.82, 2.24) is 5.32 Å². The van der Waals surface area contributed by atoms with Gasteiger partial charge < -0.3 is 10.6 Å². The molecular weight excluding hydrogens is 403 g/mol. The standard InChI is InChI=1S/C15H12ClIN2O2/c1-18-14(20)11-8-9(6-7-12(11)16)19-15(21)10-4-2-3-5-13(10)17/h2-8H,1H3,(H,18,20)(H,19,21). The molecule has 6 heteroatoms. The summed E-state index contributed by atoms with van der Waals surface area (Å²) in [7, 11) is 1.52. The van der Waals surface area contributed by atoms with Crippen LogP contribution in [0.5, 0.6) is 0 Å². The molecule has 0 spiro atoms. The van der Waals surface area contributed by atoms with Crippen LogP contribution in [0.3, 0.4) is 0 Å². The second-order valence-electron chi connectivity index (χ2n) is 4.21. The van der Waals surface area contributed by atoms with Gasteiger partial charge in [-0.2, -0.15) is 0 Å². The Bertz CT molecular complexity index is 704. The lowest BCUT2D eigenvalue weighted by molar-refractivity contribution is 0.0961. The number of rotatable bonds is 3. The maximum Gasteiger partial charge on any atom is 0.256 e. The molecule has 0 bridgehead atoms. The fraction of sp³-hybridized carbons (Fsp3) is 0.0667. The molecule has 0 heterocycles.